The number of esters is 1. The second-order valence-corrected chi connectivity index (χ2v) is 6.22. The SMILES string of the molecule is Cc1c(C(=O)OCC(=O)Nc2ccc(Br)cc2F)oc2ccccc12. The van der Waals surface area contributed by atoms with E-state index >= 15 is 0 Å². The molecule has 0 radical (unpaired) electrons. The molecule has 0 fully saturated rings. The van der Waals surface area contributed by atoms with E-state index in [4.69, 9.17) is 9.15 Å². The zero-order chi connectivity index (χ0) is 18.0. The molecule has 1 N–H and O–H groups in total. The van der Waals surface area contributed by atoms with Crippen LogP contribution in [-0.4, -0.2) is 18.5 Å². The highest BCUT2D eigenvalue weighted by molar-refractivity contribution is 9.10. The average molecular weight is 406 g/mol. The van der Waals surface area contributed by atoms with Crippen LogP contribution >= 0.6 is 15.9 Å². The summed E-state index contributed by atoms with van der Waals surface area (Å²) in [5, 5.41) is 3.14. The molecule has 2 aromatic carbocycles. The summed E-state index contributed by atoms with van der Waals surface area (Å²) in [6.07, 6.45) is 0. The number of rotatable bonds is 4. The van der Waals surface area contributed by atoms with E-state index < -0.39 is 24.3 Å². The lowest BCUT2D eigenvalue weighted by Gasteiger charge is -2.07. The molecular weight excluding hydrogens is 393 g/mol. The minimum absolute atomic E-state index is 0.00386. The van der Waals surface area contributed by atoms with Gasteiger partial charge in [0.25, 0.3) is 5.91 Å². The summed E-state index contributed by atoms with van der Waals surface area (Å²) in [5.74, 6) is -1.95. The van der Waals surface area contributed by atoms with Crippen molar-refractivity contribution in [1.82, 2.24) is 0 Å². The predicted molar refractivity (Wildman–Crippen MR) is 94.0 cm³/mol. The molecule has 1 aromatic heterocycles. The largest absolute Gasteiger partial charge is 0.450 e. The Morgan fingerprint density at radius 3 is 2.72 bits per heavy atom. The Balaban J connectivity index is 1.65. The molecule has 5 nitrogen and oxygen atoms in total. The molecule has 25 heavy (non-hydrogen) atoms. The van der Waals surface area contributed by atoms with Gasteiger partial charge < -0.3 is 14.5 Å². The zero-order valence-electron chi connectivity index (χ0n) is 13.1. The monoisotopic (exact) mass is 405 g/mol. The Kier molecular flexibility index (Phi) is 4.85. The van der Waals surface area contributed by atoms with Crippen molar-refractivity contribution in [2.24, 2.45) is 0 Å². The fraction of sp³-hybridized carbons (Fsp3) is 0.111. The van der Waals surface area contributed by atoms with Gasteiger partial charge in [0.15, 0.2) is 6.61 Å². The minimum atomic E-state index is -0.750. The third-order valence-corrected chi connectivity index (χ3v) is 4.06. The van der Waals surface area contributed by atoms with Crippen molar-refractivity contribution < 1.29 is 23.1 Å². The lowest BCUT2D eigenvalue weighted by Crippen LogP contribution is -2.21. The smallest absolute Gasteiger partial charge is 0.375 e. The first-order valence-corrected chi connectivity index (χ1v) is 8.15. The summed E-state index contributed by atoms with van der Waals surface area (Å²) in [4.78, 5) is 24.0. The Labute approximate surface area is 150 Å². The number of furan rings is 1. The van der Waals surface area contributed by atoms with E-state index in [1.807, 2.05) is 12.1 Å². The molecular formula is C18H13BrFNO4. The van der Waals surface area contributed by atoms with E-state index in [0.29, 0.717) is 15.6 Å². The molecule has 0 saturated carbocycles. The van der Waals surface area contributed by atoms with Gasteiger partial charge >= 0.3 is 5.97 Å². The maximum absolute atomic E-state index is 13.7. The summed E-state index contributed by atoms with van der Waals surface area (Å²) >= 11 is 3.13. The number of hydrogen-bond donors (Lipinski definition) is 1. The fourth-order valence-electron chi connectivity index (χ4n) is 2.34. The van der Waals surface area contributed by atoms with Crippen LogP contribution in [0.1, 0.15) is 16.1 Å². The maximum atomic E-state index is 13.7. The first-order chi connectivity index (χ1) is 12.0. The number of halogens is 2. The van der Waals surface area contributed by atoms with Crippen LogP contribution in [0.4, 0.5) is 10.1 Å². The third kappa shape index (κ3) is 3.71. The second kappa shape index (κ2) is 7.06. The molecule has 0 aliphatic rings. The van der Waals surface area contributed by atoms with Crippen LogP contribution in [0.25, 0.3) is 11.0 Å². The summed E-state index contributed by atoms with van der Waals surface area (Å²) in [6.45, 7) is 1.19. The molecule has 3 aromatic rings. The van der Waals surface area contributed by atoms with Gasteiger partial charge in [-0.05, 0) is 31.2 Å². The van der Waals surface area contributed by atoms with Gasteiger partial charge in [0.05, 0.1) is 5.69 Å². The number of para-hydroxylation sites is 1. The molecule has 0 aliphatic heterocycles. The number of carbonyl (C=O) groups is 2. The first-order valence-electron chi connectivity index (χ1n) is 7.36. The van der Waals surface area contributed by atoms with Gasteiger partial charge in [0, 0.05) is 15.4 Å². The standard InChI is InChI=1S/C18H13BrFNO4/c1-10-12-4-2-3-5-15(12)25-17(10)18(23)24-9-16(22)21-14-7-6-11(19)8-13(14)20/h2-8H,9H2,1H3,(H,21,22). The lowest BCUT2D eigenvalue weighted by molar-refractivity contribution is -0.119. The molecule has 0 unspecified atom stereocenters. The van der Waals surface area contributed by atoms with Gasteiger partial charge in [-0.2, -0.15) is 0 Å². The number of hydrogen-bond acceptors (Lipinski definition) is 4. The Bertz CT molecular complexity index is 967. The molecule has 0 saturated heterocycles. The Morgan fingerprint density at radius 2 is 2.00 bits per heavy atom. The minimum Gasteiger partial charge on any atom is -0.450 e. The van der Waals surface area contributed by atoms with Gasteiger partial charge in [-0.15, -0.1) is 0 Å². The van der Waals surface area contributed by atoms with Crippen molar-refractivity contribution >= 4 is 44.5 Å². The summed E-state index contributed by atoms with van der Waals surface area (Å²) in [7, 11) is 0. The fourth-order valence-corrected chi connectivity index (χ4v) is 2.68. The normalized spacial score (nSPS) is 10.7. The molecule has 7 heteroatoms. The van der Waals surface area contributed by atoms with Gasteiger partial charge in [-0.3, -0.25) is 4.79 Å². The highest BCUT2D eigenvalue weighted by Gasteiger charge is 2.20. The highest BCUT2D eigenvalue weighted by Crippen LogP contribution is 2.25. The first kappa shape index (κ1) is 17.2. The van der Waals surface area contributed by atoms with Gasteiger partial charge in [0.1, 0.15) is 11.4 Å². The average Bonchev–Trinajstić information content (AvgIpc) is 2.93. The number of fused-ring (bicyclic) bond motifs is 1. The second-order valence-electron chi connectivity index (χ2n) is 5.30. The van der Waals surface area contributed by atoms with Crippen LogP contribution in [0.2, 0.25) is 0 Å². The van der Waals surface area contributed by atoms with Crippen molar-refractivity contribution in [3.8, 4) is 0 Å². The van der Waals surface area contributed by atoms with Crippen LogP contribution in [0.15, 0.2) is 51.4 Å². The topological polar surface area (TPSA) is 68.5 Å². The number of ether oxygens (including phenoxy) is 1. The molecule has 0 atom stereocenters. The molecule has 0 aliphatic carbocycles. The number of nitrogens with one attached hydrogen (secondary N) is 1. The van der Waals surface area contributed by atoms with Crippen LogP contribution in [0.5, 0.6) is 0 Å². The molecule has 1 amide bonds. The third-order valence-electron chi connectivity index (χ3n) is 3.57. The number of carbonyl (C=O) groups excluding carboxylic acids is 2. The number of aryl methyl sites for hydroxylation is 1. The van der Waals surface area contributed by atoms with E-state index in [0.717, 1.165) is 5.39 Å². The van der Waals surface area contributed by atoms with E-state index in [-0.39, 0.29) is 11.4 Å². The van der Waals surface area contributed by atoms with Gasteiger partial charge in [0.2, 0.25) is 5.76 Å². The van der Waals surface area contributed by atoms with Crippen LogP contribution < -0.4 is 5.32 Å². The zero-order valence-corrected chi connectivity index (χ0v) is 14.7. The van der Waals surface area contributed by atoms with Gasteiger partial charge in [-0.25, -0.2) is 9.18 Å². The quantitative estimate of drug-likeness (QED) is 0.651. The Hall–Kier alpha value is -2.67. The Morgan fingerprint density at radius 1 is 1.24 bits per heavy atom. The maximum Gasteiger partial charge on any atom is 0.375 e. The summed E-state index contributed by atoms with van der Waals surface area (Å²) in [6, 6.07) is 11.4. The molecule has 0 spiro atoms. The highest BCUT2D eigenvalue weighted by atomic mass is 79.9. The van der Waals surface area contributed by atoms with Crippen molar-refractivity contribution in [2.45, 2.75) is 6.92 Å². The molecule has 0 bridgehead atoms. The van der Waals surface area contributed by atoms with Crippen LogP contribution in [0, 0.1) is 12.7 Å². The van der Waals surface area contributed by atoms with E-state index in [2.05, 4.69) is 21.2 Å². The number of anilines is 1. The van der Waals surface area contributed by atoms with E-state index in [1.54, 1.807) is 25.1 Å². The van der Waals surface area contributed by atoms with Crippen molar-refractivity contribution in [2.75, 3.05) is 11.9 Å². The molecule has 1 heterocycles. The summed E-state index contributed by atoms with van der Waals surface area (Å²) < 4.78 is 24.7. The van der Waals surface area contributed by atoms with Crippen LogP contribution in [-0.2, 0) is 9.53 Å². The molecule has 128 valence electrons. The van der Waals surface area contributed by atoms with Crippen LogP contribution in [0.3, 0.4) is 0 Å². The van der Waals surface area contributed by atoms with E-state index in [9.17, 15) is 14.0 Å². The lowest BCUT2D eigenvalue weighted by atomic mass is 10.1. The van der Waals surface area contributed by atoms with Crippen molar-refractivity contribution in [3.63, 3.8) is 0 Å². The summed E-state index contributed by atoms with van der Waals surface area (Å²) in [5.41, 5.74) is 1.21. The molecule has 3 rings (SSSR count). The van der Waals surface area contributed by atoms with E-state index in [1.165, 1.54) is 12.1 Å². The van der Waals surface area contributed by atoms with Gasteiger partial charge in [-0.1, -0.05) is 34.1 Å². The predicted octanol–water partition coefficient (Wildman–Crippen LogP) is 4.44. The van der Waals surface area contributed by atoms with Crippen molar-refractivity contribution in [3.05, 3.63) is 64.1 Å². The number of amides is 1. The number of benzene rings is 2. The van der Waals surface area contributed by atoms with Crippen molar-refractivity contribution in [1.29, 1.82) is 0 Å².